The summed E-state index contributed by atoms with van der Waals surface area (Å²) >= 11 is 0. The second-order valence-corrected chi connectivity index (χ2v) is 10.3. The van der Waals surface area contributed by atoms with Crippen molar-refractivity contribution in [3.8, 4) is 16.9 Å². The molecule has 1 saturated carbocycles. The molecular formula is C28H34N2O3. The summed E-state index contributed by atoms with van der Waals surface area (Å²) < 4.78 is 12.0. The molecule has 174 valence electrons. The summed E-state index contributed by atoms with van der Waals surface area (Å²) in [6.07, 6.45) is 9.58. The summed E-state index contributed by atoms with van der Waals surface area (Å²) in [5.74, 6) is 1.04. The zero-order chi connectivity index (χ0) is 22.3. The van der Waals surface area contributed by atoms with Crippen molar-refractivity contribution >= 4 is 5.91 Å². The molecule has 0 bridgehead atoms. The van der Waals surface area contributed by atoms with E-state index >= 15 is 0 Å². The van der Waals surface area contributed by atoms with E-state index in [1.807, 2.05) is 24.3 Å². The summed E-state index contributed by atoms with van der Waals surface area (Å²) in [5, 5.41) is 3.06. The number of nitrogens with zero attached hydrogens (tertiary/aromatic N) is 1. The van der Waals surface area contributed by atoms with E-state index in [0.29, 0.717) is 12.2 Å². The van der Waals surface area contributed by atoms with Crippen LogP contribution in [0.3, 0.4) is 0 Å². The molecule has 0 aromatic heterocycles. The van der Waals surface area contributed by atoms with Crippen LogP contribution < -0.4 is 10.1 Å². The molecule has 0 radical (unpaired) electrons. The lowest BCUT2D eigenvalue weighted by Gasteiger charge is -2.48. The fraction of sp³-hybridized carbons (Fsp3) is 0.536. The number of ether oxygens (including phenoxy) is 2. The number of rotatable bonds is 4. The molecule has 1 aliphatic carbocycles. The topological polar surface area (TPSA) is 50.8 Å². The Bertz CT molecular complexity index is 1000. The number of likely N-dealkylation sites (tertiary alicyclic amines) is 1. The highest BCUT2D eigenvalue weighted by Crippen LogP contribution is 2.42. The lowest BCUT2D eigenvalue weighted by atomic mass is 9.81. The second-order valence-electron chi connectivity index (χ2n) is 10.3. The number of piperidine rings is 1. The van der Waals surface area contributed by atoms with Crippen LogP contribution in [0.2, 0.25) is 0 Å². The van der Waals surface area contributed by atoms with E-state index in [9.17, 15) is 4.79 Å². The van der Waals surface area contributed by atoms with Crippen LogP contribution in [-0.2, 0) is 11.2 Å². The fourth-order valence-corrected chi connectivity index (χ4v) is 5.83. The third-order valence-electron chi connectivity index (χ3n) is 8.28. The van der Waals surface area contributed by atoms with Gasteiger partial charge in [0.1, 0.15) is 11.4 Å². The number of nitrogens with one attached hydrogen (secondary N) is 1. The molecule has 5 nitrogen and oxygen atoms in total. The van der Waals surface area contributed by atoms with Crippen molar-refractivity contribution in [3.63, 3.8) is 0 Å². The quantitative estimate of drug-likeness (QED) is 0.747. The average Bonchev–Trinajstić information content (AvgIpc) is 3.32. The van der Waals surface area contributed by atoms with Crippen LogP contribution in [0, 0.1) is 0 Å². The Balaban J connectivity index is 1.11. The maximum absolute atomic E-state index is 12.5. The van der Waals surface area contributed by atoms with Gasteiger partial charge >= 0.3 is 0 Å². The van der Waals surface area contributed by atoms with Crippen LogP contribution in [0.15, 0.2) is 42.5 Å². The highest BCUT2D eigenvalue weighted by molar-refractivity contribution is 5.94. The summed E-state index contributed by atoms with van der Waals surface area (Å²) in [6.45, 7) is 3.71. The molecule has 4 aliphatic rings. The van der Waals surface area contributed by atoms with Crippen molar-refractivity contribution in [3.05, 3.63) is 53.6 Å². The van der Waals surface area contributed by atoms with E-state index in [4.69, 9.17) is 9.47 Å². The lowest BCUT2D eigenvalue weighted by Crippen LogP contribution is -2.53. The molecule has 6 rings (SSSR count). The molecule has 3 fully saturated rings. The number of fused-ring (bicyclic) bond motifs is 1. The number of carbonyl (C=O) groups excluding carboxylic acids is 1. The van der Waals surface area contributed by atoms with Crippen molar-refractivity contribution in [1.29, 1.82) is 0 Å². The summed E-state index contributed by atoms with van der Waals surface area (Å²) in [5.41, 5.74) is 4.36. The molecular weight excluding hydrogens is 412 g/mol. The van der Waals surface area contributed by atoms with Crippen LogP contribution in [0.1, 0.15) is 60.9 Å². The van der Waals surface area contributed by atoms with Crippen LogP contribution in [0.4, 0.5) is 0 Å². The fourth-order valence-electron chi connectivity index (χ4n) is 5.83. The van der Waals surface area contributed by atoms with E-state index in [0.717, 1.165) is 56.1 Å². The summed E-state index contributed by atoms with van der Waals surface area (Å²) in [7, 11) is 0. The van der Waals surface area contributed by atoms with Gasteiger partial charge in [-0.15, -0.1) is 0 Å². The number of carbonyl (C=O) groups is 1. The predicted molar refractivity (Wildman–Crippen MR) is 129 cm³/mol. The van der Waals surface area contributed by atoms with Crippen LogP contribution in [0.5, 0.6) is 5.75 Å². The zero-order valence-corrected chi connectivity index (χ0v) is 19.4. The zero-order valence-electron chi connectivity index (χ0n) is 19.4. The van der Waals surface area contributed by atoms with Gasteiger partial charge < -0.3 is 19.7 Å². The lowest BCUT2D eigenvalue weighted by molar-refractivity contribution is -0.0336. The normalized spacial score (nSPS) is 24.7. The maximum atomic E-state index is 12.5. The highest BCUT2D eigenvalue weighted by Gasteiger charge is 2.41. The van der Waals surface area contributed by atoms with Gasteiger partial charge in [0.25, 0.3) is 5.91 Å². The summed E-state index contributed by atoms with van der Waals surface area (Å²) in [4.78, 5) is 15.2. The standard InChI is InChI=1S/C28H34N2O3/c31-27(29-24-11-17-32-19-24)21-6-4-20(5-7-21)22-8-9-26-23(18-22)10-12-28(33-26)13-15-30(16-14-28)25-2-1-3-25/h4-9,18,24-25H,1-3,10-17,19H2,(H,29,31)/t24-/m1/s1. The van der Waals surface area contributed by atoms with Crippen molar-refractivity contribution in [2.24, 2.45) is 0 Å². The second kappa shape index (κ2) is 8.77. The van der Waals surface area contributed by atoms with Gasteiger partial charge in [-0.05, 0) is 85.9 Å². The van der Waals surface area contributed by atoms with Gasteiger partial charge in [0, 0.05) is 31.3 Å². The molecule has 1 atom stereocenters. The third kappa shape index (κ3) is 4.29. The van der Waals surface area contributed by atoms with Gasteiger partial charge in [-0.2, -0.15) is 0 Å². The highest BCUT2D eigenvalue weighted by atomic mass is 16.5. The predicted octanol–water partition coefficient (Wildman–Crippen LogP) is 4.58. The molecule has 2 aromatic carbocycles. The first kappa shape index (κ1) is 21.2. The molecule has 1 amide bonds. The van der Waals surface area contributed by atoms with Gasteiger partial charge in [0.15, 0.2) is 0 Å². The van der Waals surface area contributed by atoms with Gasteiger partial charge in [-0.3, -0.25) is 4.79 Å². The van der Waals surface area contributed by atoms with Crippen LogP contribution in [0.25, 0.3) is 11.1 Å². The summed E-state index contributed by atoms with van der Waals surface area (Å²) in [6, 6.07) is 15.5. The number of hydrogen-bond donors (Lipinski definition) is 1. The van der Waals surface area contributed by atoms with E-state index < -0.39 is 0 Å². The molecule has 3 aliphatic heterocycles. The Hall–Kier alpha value is -2.37. The van der Waals surface area contributed by atoms with Gasteiger partial charge in [-0.1, -0.05) is 24.6 Å². The van der Waals surface area contributed by atoms with Gasteiger partial charge in [0.05, 0.1) is 12.6 Å². The SMILES string of the molecule is O=C(N[C@@H]1CCOC1)c1ccc(-c2ccc3c(c2)CCC2(CCN(C4CCC4)CC2)O3)cc1. The van der Waals surface area contributed by atoms with Crippen molar-refractivity contribution in [2.45, 2.75) is 69.1 Å². The first-order chi connectivity index (χ1) is 16.2. The monoisotopic (exact) mass is 446 g/mol. The van der Waals surface area contributed by atoms with E-state index in [1.54, 1.807) is 0 Å². The minimum atomic E-state index is -0.0236. The Labute approximate surface area is 196 Å². The number of amides is 1. The molecule has 1 N–H and O–H groups in total. The Morgan fingerprint density at radius 2 is 1.76 bits per heavy atom. The maximum Gasteiger partial charge on any atom is 0.251 e. The van der Waals surface area contributed by atoms with E-state index in [-0.39, 0.29) is 17.6 Å². The number of aryl methyl sites for hydroxylation is 1. The molecule has 0 unspecified atom stereocenters. The molecule has 33 heavy (non-hydrogen) atoms. The Morgan fingerprint density at radius 1 is 0.970 bits per heavy atom. The molecule has 1 spiro atoms. The molecule has 3 heterocycles. The number of benzene rings is 2. The largest absolute Gasteiger partial charge is 0.487 e. The van der Waals surface area contributed by atoms with Gasteiger partial charge in [-0.25, -0.2) is 0 Å². The van der Waals surface area contributed by atoms with Crippen molar-refractivity contribution in [1.82, 2.24) is 10.2 Å². The minimum absolute atomic E-state index is 0.0236. The number of hydrogen-bond acceptors (Lipinski definition) is 4. The van der Waals surface area contributed by atoms with Crippen molar-refractivity contribution < 1.29 is 14.3 Å². The Kier molecular flexibility index (Phi) is 5.63. The van der Waals surface area contributed by atoms with Crippen molar-refractivity contribution in [2.75, 3.05) is 26.3 Å². The minimum Gasteiger partial charge on any atom is -0.487 e. The first-order valence-corrected chi connectivity index (χ1v) is 12.7. The van der Waals surface area contributed by atoms with E-state index in [1.165, 1.54) is 43.5 Å². The van der Waals surface area contributed by atoms with E-state index in [2.05, 4.69) is 28.4 Å². The average molecular weight is 447 g/mol. The molecule has 2 aromatic rings. The Morgan fingerprint density at radius 3 is 2.45 bits per heavy atom. The smallest absolute Gasteiger partial charge is 0.251 e. The van der Waals surface area contributed by atoms with Crippen LogP contribution >= 0.6 is 0 Å². The first-order valence-electron chi connectivity index (χ1n) is 12.7. The molecule has 5 heteroatoms. The third-order valence-corrected chi connectivity index (χ3v) is 8.28. The molecule has 2 saturated heterocycles. The van der Waals surface area contributed by atoms with Gasteiger partial charge in [0.2, 0.25) is 0 Å². The van der Waals surface area contributed by atoms with Crippen LogP contribution in [-0.4, -0.2) is 54.8 Å².